The van der Waals surface area contributed by atoms with Crippen LogP contribution in [0, 0.1) is 11.8 Å². The molecule has 0 aromatic heterocycles. The number of hydrogen-bond donors (Lipinski definition) is 2. The van der Waals surface area contributed by atoms with Gasteiger partial charge in [0.25, 0.3) is 0 Å². The molecule has 1 atom stereocenters. The SMILES string of the molecule is CC(C)C.CNCCCCC(CCCNC)CSC. The van der Waals surface area contributed by atoms with Gasteiger partial charge in [-0.25, -0.2) is 0 Å². The third kappa shape index (κ3) is 23.8. The predicted molar refractivity (Wildman–Crippen MR) is 93.3 cm³/mol. The Morgan fingerprint density at radius 3 is 1.79 bits per heavy atom. The molecular weight excluding hydrogens is 252 g/mol. The number of thioether (sulfide) groups is 1. The topological polar surface area (TPSA) is 24.1 Å². The molecule has 0 bridgehead atoms. The highest BCUT2D eigenvalue weighted by Crippen LogP contribution is 2.18. The summed E-state index contributed by atoms with van der Waals surface area (Å²) >= 11 is 2.00. The van der Waals surface area contributed by atoms with Crippen molar-refractivity contribution in [3.63, 3.8) is 0 Å². The minimum absolute atomic E-state index is 0.833. The molecule has 1 unspecified atom stereocenters. The van der Waals surface area contributed by atoms with Gasteiger partial charge in [-0.3, -0.25) is 0 Å². The summed E-state index contributed by atoms with van der Waals surface area (Å²) in [6, 6.07) is 0. The smallest absolute Gasteiger partial charge is 0.00419 e. The van der Waals surface area contributed by atoms with Gasteiger partial charge in [0.1, 0.15) is 0 Å². The van der Waals surface area contributed by atoms with Crippen molar-refractivity contribution in [3.8, 4) is 0 Å². The van der Waals surface area contributed by atoms with Crippen LogP contribution in [0.15, 0.2) is 0 Å². The zero-order chi connectivity index (χ0) is 14.9. The second kappa shape index (κ2) is 18.3. The van der Waals surface area contributed by atoms with Crippen LogP contribution in [0.5, 0.6) is 0 Å². The maximum atomic E-state index is 3.22. The van der Waals surface area contributed by atoms with Crippen molar-refractivity contribution < 1.29 is 0 Å². The first kappa shape index (κ1) is 21.6. The molecule has 0 heterocycles. The van der Waals surface area contributed by atoms with E-state index in [-0.39, 0.29) is 0 Å². The van der Waals surface area contributed by atoms with Gasteiger partial charge in [-0.15, -0.1) is 0 Å². The minimum atomic E-state index is 0.833. The summed E-state index contributed by atoms with van der Waals surface area (Å²) in [4.78, 5) is 0. The Kier molecular flexibility index (Phi) is 20.7. The number of unbranched alkanes of at least 4 members (excludes halogenated alkanes) is 1. The molecule has 0 aliphatic heterocycles. The summed E-state index contributed by atoms with van der Waals surface area (Å²) < 4.78 is 0. The van der Waals surface area contributed by atoms with Crippen LogP contribution in [-0.4, -0.2) is 39.2 Å². The normalized spacial score (nSPS) is 12.2. The number of hydrogen-bond acceptors (Lipinski definition) is 3. The summed E-state index contributed by atoms with van der Waals surface area (Å²) in [5, 5.41) is 6.44. The fraction of sp³-hybridized carbons (Fsp3) is 1.00. The van der Waals surface area contributed by atoms with Crippen molar-refractivity contribution in [2.75, 3.05) is 39.2 Å². The molecule has 0 spiro atoms. The Balaban J connectivity index is 0. The van der Waals surface area contributed by atoms with Crippen molar-refractivity contribution in [1.82, 2.24) is 10.6 Å². The van der Waals surface area contributed by atoms with E-state index < -0.39 is 0 Å². The second-order valence-electron chi connectivity index (χ2n) is 5.90. The van der Waals surface area contributed by atoms with Gasteiger partial charge in [0.2, 0.25) is 0 Å². The Hall–Kier alpha value is 0.270. The Bertz CT molecular complexity index is 149. The van der Waals surface area contributed by atoms with E-state index in [1.54, 1.807) is 0 Å². The van der Waals surface area contributed by atoms with Crippen molar-refractivity contribution >= 4 is 11.8 Å². The number of rotatable bonds is 11. The van der Waals surface area contributed by atoms with Crippen LogP contribution in [0.3, 0.4) is 0 Å². The fourth-order valence-electron chi connectivity index (χ4n) is 1.85. The van der Waals surface area contributed by atoms with Crippen molar-refractivity contribution in [3.05, 3.63) is 0 Å². The Morgan fingerprint density at radius 1 is 0.842 bits per heavy atom. The molecule has 0 amide bonds. The van der Waals surface area contributed by atoms with E-state index in [1.165, 1.54) is 50.9 Å². The van der Waals surface area contributed by atoms with Crippen LogP contribution in [0.25, 0.3) is 0 Å². The van der Waals surface area contributed by atoms with Gasteiger partial charge < -0.3 is 10.6 Å². The van der Waals surface area contributed by atoms with Gasteiger partial charge in [-0.2, -0.15) is 11.8 Å². The molecule has 3 heteroatoms. The molecule has 118 valence electrons. The zero-order valence-electron chi connectivity index (χ0n) is 14.2. The van der Waals surface area contributed by atoms with Crippen LogP contribution in [-0.2, 0) is 0 Å². The lowest BCUT2D eigenvalue weighted by Gasteiger charge is -2.15. The number of nitrogens with one attached hydrogen (secondary N) is 2. The molecule has 2 nitrogen and oxygen atoms in total. The molecule has 0 aliphatic carbocycles. The highest BCUT2D eigenvalue weighted by Gasteiger charge is 2.07. The summed E-state index contributed by atoms with van der Waals surface area (Å²) in [6.07, 6.45) is 9.05. The average Bonchev–Trinajstić information content (AvgIpc) is 2.34. The van der Waals surface area contributed by atoms with E-state index in [4.69, 9.17) is 0 Å². The first-order chi connectivity index (χ1) is 9.08. The quantitative estimate of drug-likeness (QED) is 0.562. The van der Waals surface area contributed by atoms with Gasteiger partial charge in [0, 0.05) is 0 Å². The maximum Gasteiger partial charge on any atom is -0.00419 e. The molecule has 0 aromatic rings. The van der Waals surface area contributed by atoms with Crippen LogP contribution < -0.4 is 10.6 Å². The molecule has 0 fully saturated rings. The maximum absolute atomic E-state index is 3.22. The van der Waals surface area contributed by atoms with E-state index in [0.717, 1.165) is 11.8 Å². The molecule has 0 aliphatic rings. The molecule has 0 rings (SSSR count). The molecular formula is C16H38N2S. The fourth-order valence-corrected chi connectivity index (χ4v) is 2.65. The second-order valence-corrected chi connectivity index (χ2v) is 6.81. The molecule has 0 saturated heterocycles. The minimum Gasteiger partial charge on any atom is -0.320 e. The summed E-state index contributed by atoms with van der Waals surface area (Å²) in [5.41, 5.74) is 0. The Morgan fingerprint density at radius 2 is 1.32 bits per heavy atom. The first-order valence-electron chi connectivity index (χ1n) is 7.86. The van der Waals surface area contributed by atoms with Gasteiger partial charge in [0.15, 0.2) is 0 Å². The largest absolute Gasteiger partial charge is 0.320 e. The zero-order valence-corrected chi connectivity index (χ0v) is 15.0. The van der Waals surface area contributed by atoms with Gasteiger partial charge in [-0.1, -0.05) is 27.2 Å². The van der Waals surface area contributed by atoms with Crippen LogP contribution >= 0.6 is 11.8 Å². The third-order valence-electron chi connectivity index (χ3n) is 2.73. The highest BCUT2D eigenvalue weighted by molar-refractivity contribution is 7.98. The van der Waals surface area contributed by atoms with Gasteiger partial charge >= 0.3 is 0 Å². The first-order valence-corrected chi connectivity index (χ1v) is 9.25. The van der Waals surface area contributed by atoms with E-state index in [0.29, 0.717) is 0 Å². The van der Waals surface area contributed by atoms with Crippen LogP contribution in [0.2, 0.25) is 0 Å². The monoisotopic (exact) mass is 290 g/mol. The average molecular weight is 291 g/mol. The Labute approximate surface area is 126 Å². The summed E-state index contributed by atoms with van der Waals surface area (Å²) in [7, 11) is 4.07. The van der Waals surface area contributed by atoms with Gasteiger partial charge in [-0.05, 0) is 76.7 Å². The lowest BCUT2D eigenvalue weighted by Crippen LogP contribution is -2.12. The summed E-state index contributed by atoms with van der Waals surface area (Å²) in [6.45, 7) is 8.84. The molecule has 0 aromatic carbocycles. The highest BCUT2D eigenvalue weighted by atomic mass is 32.2. The molecule has 19 heavy (non-hydrogen) atoms. The van der Waals surface area contributed by atoms with Crippen molar-refractivity contribution in [2.45, 2.75) is 52.9 Å². The predicted octanol–water partition coefficient (Wildman–Crippen LogP) is 4.02. The van der Waals surface area contributed by atoms with Crippen LogP contribution in [0.4, 0.5) is 0 Å². The van der Waals surface area contributed by atoms with Crippen LogP contribution in [0.1, 0.15) is 52.9 Å². The summed E-state index contributed by atoms with van der Waals surface area (Å²) in [5.74, 6) is 3.11. The molecule has 2 N–H and O–H groups in total. The van der Waals surface area contributed by atoms with E-state index in [1.807, 2.05) is 25.9 Å². The lowest BCUT2D eigenvalue weighted by atomic mass is 9.98. The standard InChI is InChI=1S/C12H28N2S.C4H10/c1-13-9-5-4-7-12(11-15-3)8-6-10-14-2;1-4(2)3/h12-14H,4-11H2,1-3H3;4H,1-3H3. The van der Waals surface area contributed by atoms with Gasteiger partial charge in [0.05, 0.1) is 0 Å². The van der Waals surface area contributed by atoms with E-state index in [9.17, 15) is 0 Å². The molecule has 0 radical (unpaired) electrons. The molecule has 0 saturated carbocycles. The van der Waals surface area contributed by atoms with E-state index in [2.05, 4.69) is 37.7 Å². The van der Waals surface area contributed by atoms with Crippen molar-refractivity contribution in [2.24, 2.45) is 11.8 Å². The lowest BCUT2D eigenvalue weighted by molar-refractivity contribution is 0.453. The van der Waals surface area contributed by atoms with Crippen molar-refractivity contribution in [1.29, 1.82) is 0 Å². The van der Waals surface area contributed by atoms with E-state index >= 15 is 0 Å². The third-order valence-corrected chi connectivity index (χ3v) is 3.54.